The van der Waals surface area contributed by atoms with Gasteiger partial charge < -0.3 is 5.11 Å². The van der Waals surface area contributed by atoms with E-state index < -0.39 is 0 Å². The number of rotatable bonds is 15. The Morgan fingerprint density at radius 1 is 0.682 bits per heavy atom. The molecule has 0 fully saturated rings. The van der Waals surface area contributed by atoms with Crippen LogP contribution in [0, 0.1) is 0 Å². The predicted octanol–water partition coefficient (Wildman–Crippen LogP) is 7.48. The van der Waals surface area contributed by atoms with E-state index in [1.165, 1.54) is 106 Å². The van der Waals surface area contributed by atoms with Crippen LogP contribution in [-0.4, -0.2) is 5.11 Å². The molecule has 22 heavy (non-hydrogen) atoms. The molecule has 0 spiro atoms. The Hall–Kier alpha value is -0.500. The third-order valence-electron chi connectivity index (χ3n) is 4.42. The van der Waals surface area contributed by atoms with E-state index in [4.69, 9.17) is 0 Å². The molecule has 1 aromatic heterocycles. The van der Waals surface area contributed by atoms with Crippen LogP contribution in [0.1, 0.15) is 102 Å². The second kappa shape index (κ2) is 14.1. The monoisotopic (exact) mass is 324 g/mol. The highest BCUT2D eigenvalue weighted by molar-refractivity contribution is 7.13. The van der Waals surface area contributed by atoms with Crippen LogP contribution in [0.4, 0.5) is 0 Å². The molecule has 0 saturated carbocycles. The number of aryl methyl sites for hydroxylation is 1. The zero-order valence-electron chi connectivity index (χ0n) is 14.6. The molecule has 1 N–H and O–H groups in total. The Bertz CT molecular complexity index is 345. The molecule has 1 nitrogen and oxygen atoms in total. The van der Waals surface area contributed by atoms with Crippen molar-refractivity contribution in [2.24, 2.45) is 0 Å². The number of aromatic hydroxyl groups is 1. The van der Waals surface area contributed by atoms with E-state index >= 15 is 0 Å². The highest BCUT2D eigenvalue weighted by Crippen LogP contribution is 2.24. The first-order valence-electron chi connectivity index (χ1n) is 9.60. The molecule has 1 aromatic rings. The first-order chi connectivity index (χ1) is 10.8. The topological polar surface area (TPSA) is 20.2 Å². The van der Waals surface area contributed by atoms with E-state index in [1.807, 2.05) is 6.07 Å². The first-order valence-corrected chi connectivity index (χ1v) is 10.4. The van der Waals surface area contributed by atoms with Gasteiger partial charge >= 0.3 is 0 Å². The van der Waals surface area contributed by atoms with Crippen LogP contribution in [0.15, 0.2) is 12.1 Å². The highest BCUT2D eigenvalue weighted by atomic mass is 32.1. The molecule has 0 radical (unpaired) electrons. The summed E-state index contributed by atoms with van der Waals surface area (Å²) in [6.45, 7) is 2.28. The van der Waals surface area contributed by atoms with Gasteiger partial charge in [-0.05, 0) is 25.0 Å². The largest absolute Gasteiger partial charge is 0.499 e. The molecule has 1 rings (SSSR count). The third-order valence-corrected chi connectivity index (χ3v) is 5.37. The maximum atomic E-state index is 9.29. The summed E-state index contributed by atoms with van der Waals surface area (Å²) in [6.07, 6.45) is 20.9. The minimum Gasteiger partial charge on any atom is -0.499 e. The fraction of sp³-hybridized carbons (Fsp3) is 0.800. The summed E-state index contributed by atoms with van der Waals surface area (Å²) in [5.74, 6) is 0. The van der Waals surface area contributed by atoms with E-state index in [-0.39, 0.29) is 0 Å². The maximum Gasteiger partial charge on any atom is 0.171 e. The summed E-state index contributed by atoms with van der Waals surface area (Å²) < 4.78 is 0. The van der Waals surface area contributed by atoms with Crippen LogP contribution in [0.2, 0.25) is 0 Å². The van der Waals surface area contributed by atoms with Crippen molar-refractivity contribution >= 4 is 11.3 Å². The lowest BCUT2D eigenvalue weighted by Crippen LogP contribution is -1.84. The Kier molecular flexibility index (Phi) is 12.5. The van der Waals surface area contributed by atoms with E-state index in [1.54, 1.807) is 0 Å². The van der Waals surface area contributed by atoms with E-state index in [9.17, 15) is 5.11 Å². The summed E-state index contributed by atoms with van der Waals surface area (Å²) in [7, 11) is 0. The molecule has 0 aliphatic carbocycles. The molecule has 0 atom stereocenters. The van der Waals surface area contributed by atoms with Crippen molar-refractivity contribution in [1.29, 1.82) is 0 Å². The van der Waals surface area contributed by atoms with Crippen molar-refractivity contribution in [3.63, 3.8) is 0 Å². The van der Waals surface area contributed by atoms with Crippen molar-refractivity contribution in [2.45, 2.75) is 103 Å². The van der Waals surface area contributed by atoms with Gasteiger partial charge in [-0.15, -0.1) is 11.3 Å². The Balaban J connectivity index is 1.73. The molecule has 0 aliphatic heterocycles. The predicted molar refractivity (Wildman–Crippen MR) is 100.0 cm³/mol. The third kappa shape index (κ3) is 11.1. The van der Waals surface area contributed by atoms with Gasteiger partial charge in [-0.2, -0.15) is 0 Å². The van der Waals surface area contributed by atoms with E-state index in [2.05, 4.69) is 13.0 Å². The molecular formula is C20H36OS. The lowest BCUT2D eigenvalue weighted by Gasteiger charge is -2.03. The zero-order chi connectivity index (χ0) is 15.9. The van der Waals surface area contributed by atoms with Gasteiger partial charge in [0.1, 0.15) is 0 Å². The SMILES string of the molecule is CCCCCCCCCCCCCCCCc1ccc(O)s1. The Morgan fingerprint density at radius 2 is 1.14 bits per heavy atom. The fourth-order valence-corrected chi connectivity index (χ4v) is 3.78. The molecule has 0 saturated heterocycles. The van der Waals surface area contributed by atoms with Gasteiger partial charge in [0.05, 0.1) is 0 Å². The van der Waals surface area contributed by atoms with Gasteiger partial charge in [-0.3, -0.25) is 0 Å². The molecule has 0 unspecified atom stereocenters. The van der Waals surface area contributed by atoms with Crippen LogP contribution in [0.25, 0.3) is 0 Å². The molecule has 0 aliphatic rings. The van der Waals surface area contributed by atoms with Gasteiger partial charge in [0.15, 0.2) is 5.06 Å². The van der Waals surface area contributed by atoms with Crippen LogP contribution < -0.4 is 0 Å². The second-order valence-corrected chi connectivity index (χ2v) is 7.73. The fourth-order valence-electron chi connectivity index (χ4n) is 2.99. The van der Waals surface area contributed by atoms with E-state index in [0.29, 0.717) is 5.06 Å². The van der Waals surface area contributed by atoms with Crippen molar-refractivity contribution in [2.75, 3.05) is 0 Å². The summed E-state index contributed by atoms with van der Waals surface area (Å²) >= 11 is 1.53. The smallest absolute Gasteiger partial charge is 0.171 e. The van der Waals surface area contributed by atoms with Crippen LogP contribution in [0.5, 0.6) is 5.06 Å². The van der Waals surface area contributed by atoms with Gasteiger partial charge in [0.25, 0.3) is 0 Å². The first kappa shape index (κ1) is 19.5. The highest BCUT2D eigenvalue weighted by Gasteiger charge is 1.98. The zero-order valence-corrected chi connectivity index (χ0v) is 15.4. The molecule has 2 heteroatoms. The number of thiophene rings is 1. The Labute approximate surface area is 142 Å². The molecule has 128 valence electrons. The number of hydrogen-bond donors (Lipinski definition) is 1. The van der Waals surface area contributed by atoms with Gasteiger partial charge in [-0.25, -0.2) is 0 Å². The van der Waals surface area contributed by atoms with Gasteiger partial charge in [-0.1, -0.05) is 90.4 Å². The lowest BCUT2D eigenvalue weighted by atomic mass is 10.0. The van der Waals surface area contributed by atoms with Crippen LogP contribution in [0.3, 0.4) is 0 Å². The number of hydrogen-bond acceptors (Lipinski definition) is 2. The van der Waals surface area contributed by atoms with Crippen LogP contribution >= 0.6 is 11.3 Å². The molecular weight excluding hydrogens is 288 g/mol. The molecule has 0 aromatic carbocycles. The van der Waals surface area contributed by atoms with Crippen molar-refractivity contribution in [1.82, 2.24) is 0 Å². The maximum absolute atomic E-state index is 9.29. The molecule has 0 bridgehead atoms. The van der Waals surface area contributed by atoms with Gasteiger partial charge in [0.2, 0.25) is 0 Å². The minimum absolute atomic E-state index is 0.459. The minimum atomic E-state index is 0.459. The summed E-state index contributed by atoms with van der Waals surface area (Å²) in [4.78, 5) is 1.33. The standard InChI is InChI=1S/C20H36OS/c1-2-3-4-5-6-7-8-9-10-11-12-13-14-15-16-19-17-18-20(21)22-19/h17-18,21H,2-16H2,1H3. The summed E-state index contributed by atoms with van der Waals surface area (Å²) in [5.41, 5.74) is 0. The average Bonchev–Trinajstić information content (AvgIpc) is 2.93. The Morgan fingerprint density at radius 3 is 1.55 bits per heavy atom. The summed E-state index contributed by atoms with van der Waals surface area (Å²) in [5, 5.41) is 9.75. The lowest BCUT2D eigenvalue weighted by molar-refractivity contribution is 0.491. The van der Waals surface area contributed by atoms with E-state index in [0.717, 1.165) is 6.42 Å². The number of unbranched alkanes of at least 4 members (excludes halogenated alkanes) is 13. The average molecular weight is 325 g/mol. The molecule has 0 amide bonds. The quantitative estimate of drug-likeness (QED) is 0.331. The summed E-state index contributed by atoms with van der Waals surface area (Å²) in [6, 6.07) is 3.87. The van der Waals surface area contributed by atoms with Crippen molar-refractivity contribution in [3.8, 4) is 5.06 Å². The second-order valence-electron chi connectivity index (χ2n) is 6.59. The van der Waals surface area contributed by atoms with Crippen LogP contribution in [-0.2, 0) is 6.42 Å². The van der Waals surface area contributed by atoms with Crippen molar-refractivity contribution < 1.29 is 5.11 Å². The van der Waals surface area contributed by atoms with Gasteiger partial charge in [0, 0.05) is 4.88 Å². The van der Waals surface area contributed by atoms with Crippen molar-refractivity contribution in [3.05, 3.63) is 17.0 Å². The molecule has 1 heterocycles. The normalized spacial score (nSPS) is 11.1.